The molecule has 0 spiro atoms. The Hall–Kier alpha value is -2.17. The van der Waals surface area contributed by atoms with Crippen LogP contribution in [0.25, 0.3) is 0 Å². The van der Waals surface area contributed by atoms with E-state index in [1.165, 1.54) is 5.56 Å². The third-order valence-corrected chi connectivity index (χ3v) is 5.36. The number of carbonyl (C=O) groups is 1. The van der Waals surface area contributed by atoms with Crippen LogP contribution < -0.4 is 5.32 Å². The molecule has 138 valence electrons. The van der Waals surface area contributed by atoms with Crippen molar-refractivity contribution in [3.05, 3.63) is 71.8 Å². The predicted octanol–water partition coefficient (Wildman–Crippen LogP) is 3.17. The third-order valence-electron chi connectivity index (χ3n) is 5.36. The molecule has 0 aliphatic heterocycles. The van der Waals surface area contributed by atoms with Crippen molar-refractivity contribution >= 4 is 5.91 Å². The van der Waals surface area contributed by atoms with Gasteiger partial charge in [-0.2, -0.15) is 0 Å². The maximum absolute atomic E-state index is 12.7. The van der Waals surface area contributed by atoms with Gasteiger partial charge in [0.25, 0.3) is 0 Å². The molecule has 1 fully saturated rings. The number of rotatable bonds is 6. The van der Waals surface area contributed by atoms with Gasteiger partial charge in [-0.25, -0.2) is 0 Å². The van der Waals surface area contributed by atoms with Crippen molar-refractivity contribution in [3.63, 3.8) is 0 Å². The Labute approximate surface area is 154 Å². The Morgan fingerprint density at radius 3 is 2.35 bits per heavy atom. The lowest BCUT2D eigenvalue weighted by Gasteiger charge is -2.31. The number of benzene rings is 2. The van der Waals surface area contributed by atoms with Gasteiger partial charge in [0.1, 0.15) is 6.10 Å². The van der Waals surface area contributed by atoms with Crippen LogP contribution in [0.3, 0.4) is 0 Å². The monoisotopic (exact) mass is 353 g/mol. The molecule has 0 aromatic heterocycles. The van der Waals surface area contributed by atoms with Crippen LogP contribution >= 0.6 is 0 Å². The summed E-state index contributed by atoms with van der Waals surface area (Å²) in [6.45, 7) is -0.295. The van der Waals surface area contributed by atoms with Crippen molar-refractivity contribution in [1.29, 1.82) is 0 Å². The van der Waals surface area contributed by atoms with E-state index in [0.717, 1.165) is 25.7 Å². The number of aliphatic hydroxyl groups is 2. The summed E-state index contributed by atoms with van der Waals surface area (Å²) in [7, 11) is 0. The molecule has 1 saturated carbocycles. The first-order valence-corrected chi connectivity index (χ1v) is 9.38. The number of hydrogen-bond donors (Lipinski definition) is 3. The van der Waals surface area contributed by atoms with Crippen LogP contribution in [0, 0.1) is 5.92 Å². The molecule has 0 unspecified atom stereocenters. The number of carbonyl (C=O) groups excluding carboxylic acids is 1. The van der Waals surface area contributed by atoms with Crippen molar-refractivity contribution in [2.24, 2.45) is 5.92 Å². The second kappa shape index (κ2) is 8.97. The first kappa shape index (κ1) is 18.6. The summed E-state index contributed by atoms with van der Waals surface area (Å²) >= 11 is 0. The summed E-state index contributed by atoms with van der Waals surface area (Å²) in [4.78, 5) is 12.7. The van der Waals surface area contributed by atoms with Crippen LogP contribution in [-0.4, -0.2) is 28.8 Å². The molecular formula is C22H27NO3. The van der Waals surface area contributed by atoms with Gasteiger partial charge in [0.15, 0.2) is 0 Å². The molecule has 0 radical (unpaired) electrons. The molecule has 2 aromatic rings. The average Bonchev–Trinajstić information content (AvgIpc) is 2.72. The van der Waals surface area contributed by atoms with Crippen LogP contribution in [0.15, 0.2) is 60.7 Å². The minimum atomic E-state index is -0.918. The van der Waals surface area contributed by atoms with Crippen LogP contribution in [0.2, 0.25) is 0 Å². The lowest BCUT2D eigenvalue weighted by atomic mass is 9.77. The number of hydrogen-bond acceptors (Lipinski definition) is 3. The summed E-state index contributed by atoms with van der Waals surface area (Å²) in [5.74, 6) is 0.248. The number of aliphatic hydroxyl groups excluding tert-OH is 2. The highest BCUT2D eigenvalue weighted by Crippen LogP contribution is 2.36. The first-order valence-electron chi connectivity index (χ1n) is 9.38. The summed E-state index contributed by atoms with van der Waals surface area (Å²) in [6.07, 6.45) is 2.87. The second-order valence-corrected chi connectivity index (χ2v) is 7.12. The fraction of sp³-hybridized carbons (Fsp3) is 0.409. The topological polar surface area (TPSA) is 69.6 Å². The van der Waals surface area contributed by atoms with E-state index in [1.54, 1.807) is 12.1 Å². The normalized spacial score (nSPS) is 22.4. The first-order chi connectivity index (χ1) is 12.7. The fourth-order valence-corrected chi connectivity index (χ4v) is 3.86. The highest BCUT2D eigenvalue weighted by molar-refractivity contribution is 5.79. The lowest BCUT2D eigenvalue weighted by molar-refractivity contribution is -0.128. The van der Waals surface area contributed by atoms with E-state index in [9.17, 15) is 15.0 Å². The summed E-state index contributed by atoms with van der Waals surface area (Å²) < 4.78 is 0. The van der Waals surface area contributed by atoms with Crippen molar-refractivity contribution in [2.45, 2.75) is 43.7 Å². The Morgan fingerprint density at radius 2 is 1.69 bits per heavy atom. The molecule has 1 aliphatic rings. The van der Waals surface area contributed by atoms with E-state index in [0.29, 0.717) is 11.5 Å². The van der Waals surface area contributed by atoms with E-state index in [2.05, 4.69) is 17.4 Å². The second-order valence-electron chi connectivity index (χ2n) is 7.12. The molecule has 4 heteroatoms. The van der Waals surface area contributed by atoms with Crippen LogP contribution in [-0.2, 0) is 4.79 Å². The van der Waals surface area contributed by atoms with Gasteiger partial charge >= 0.3 is 0 Å². The van der Waals surface area contributed by atoms with Gasteiger partial charge in [-0.05, 0) is 36.3 Å². The molecule has 1 amide bonds. The highest BCUT2D eigenvalue weighted by atomic mass is 16.3. The van der Waals surface area contributed by atoms with Gasteiger partial charge in [-0.15, -0.1) is 0 Å². The molecule has 1 aliphatic carbocycles. The summed E-state index contributed by atoms with van der Waals surface area (Å²) in [6, 6.07) is 18.8. The Balaban J connectivity index is 1.62. The van der Waals surface area contributed by atoms with Gasteiger partial charge in [-0.1, -0.05) is 67.1 Å². The van der Waals surface area contributed by atoms with Crippen LogP contribution in [0.1, 0.15) is 48.8 Å². The average molecular weight is 353 g/mol. The molecule has 0 saturated heterocycles. The zero-order chi connectivity index (χ0) is 18.4. The minimum Gasteiger partial charge on any atom is -0.394 e. The van der Waals surface area contributed by atoms with Crippen molar-refractivity contribution in [1.82, 2.24) is 5.32 Å². The van der Waals surface area contributed by atoms with Crippen LogP contribution in [0.5, 0.6) is 0 Å². The van der Waals surface area contributed by atoms with Gasteiger partial charge < -0.3 is 15.5 Å². The highest BCUT2D eigenvalue weighted by Gasteiger charge is 2.30. The minimum absolute atomic E-state index is 0.0698. The predicted molar refractivity (Wildman–Crippen MR) is 102 cm³/mol. The SMILES string of the molecule is O=C(N[C@@H](CO)[C@@H](O)c1ccccc1)[C@@H]1CCC[C@H](c2ccccc2)C1. The molecular weight excluding hydrogens is 326 g/mol. The van der Waals surface area contributed by atoms with E-state index >= 15 is 0 Å². The van der Waals surface area contributed by atoms with E-state index in [1.807, 2.05) is 36.4 Å². The summed E-state index contributed by atoms with van der Waals surface area (Å²) in [5.41, 5.74) is 1.98. The molecule has 3 N–H and O–H groups in total. The van der Waals surface area contributed by atoms with Gasteiger partial charge in [0.05, 0.1) is 12.6 Å². The molecule has 0 heterocycles. The van der Waals surface area contributed by atoms with Crippen molar-refractivity contribution < 1.29 is 15.0 Å². The molecule has 4 nitrogen and oxygen atoms in total. The van der Waals surface area contributed by atoms with Crippen molar-refractivity contribution in [3.8, 4) is 0 Å². The lowest BCUT2D eigenvalue weighted by Crippen LogP contribution is -2.45. The van der Waals surface area contributed by atoms with Gasteiger partial charge in [-0.3, -0.25) is 4.79 Å². The Bertz CT molecular complexity index is 689. The largest absolute Gasteiger partial charge is 0.394 e. The molecule has 26 heavy (non-hydrogen) atoms. The standard InChI is InChI=1S/C22H27NO3/c24-15-20(21(25)17-10-5-2-6-11-17)23-22(26)19-13-7-12-18(14-19)16-8-3-1-4-9-16/h1-6,8-11,18-21,24-25H,7,12-15H2,(H,23,26)/t18-,19+,20-,21-/m0/s1. The molecule has 0 bridgehead atoms. The summed E-state index contributed by atoms with van der Waals surface area (Å²) in [5, 5.41) is 23.0. The van der Waals surface area contributed by atoms with Gasteiger partial charge in [0.2, 0.25) is 5.91 Å². The quantitative estimate of drug-likeness (QED) is 0.747. The maximum Gasteiger partial charge on any atom is 0.223 e. The number of nitrogens with one attached hydrogen (secondary N) is 1. The maximum atomic E-state index is 12.7. The Kier molecular flexibility index (Phi) is 6.42. The van der Waals surface area contributed by atoms with Crippen molar-refractivity contribution in [2.75, 3.05) is 6.61 Å². The van der Waals surface area contributed by atoms with Gasteiger partial charge in [0, 0.05) is 5.92 Å². The van der Waals surface area contributed by atoms with E-state index < -0.39 is 12.1 Å². The third kappa shape index (κ3) is 4.51. The smallest absolute Gasteiger partial charge is 0.223 e. The fourth-order valence-electron chi connectivity index (χ4n) is 3.86. The van der Waals surface area contributed by atoms with Crippen LogP contribution in [0.4, 0.5) is 0 Å². The van der Waals surface area contributed by atoms with E-state index in [-0.39, 0.29) is 18.4 Å². The van der Waals surface area contributed by atoms with E-state index in [4.69, 9.17) is 0 Å². The molecule has 4 atom stereocenters. The molecule has 2 aromatic carbocycles. The Morgan fingerprint density at radius 1 is 1.04 bits per heavy atom. The molecule has 3 rings (SSSR count). The number of amides is 1. The zero-order valence-corrected chi connectivity index (χ0v) is 14.9. The zero-order valence-electron chi connectivity index (χ0n) is 14.9.